The summed E-state index contributed by atoms with van der Waals surface area (Å²) in [5.41, 5.74) is 0. The van der Waals surface area contributed by atoms with Gasteiger partial charge in [-0.3, -0.25) is 4.79 Å². The summed E-state index contributed by atoms with van der Waals surface area (Å²) >= 11 is 0. The van der Waals surface area contributed by atoms with Gasteiger partial charge in [0.25, 0.3) is 0 Å². The average Bonchev–Trinajstić information content (AvgIpc) is 2.08. The van der Waals surface area contributed by atoms with Crippen molar-refractivity contribution in [2.75, 3.05) is 33.7 Å². The maximum absolute atomic E-state index is 11.0. The highest BCUT2D eigenvalue weighted by molar-refractivity contribution is 5.72. The van der Waals surface area contributed by atoms with E-state index in [9.17, 15) is 4.79 Å². The van der Waals surface area contributed by atoms with Gasteiger partial charge in [-0.15, -0.1) is 0 Å². The molecule has 3 nitrogen and oxygen atoms in total. The molecule has 0 unspecified atom stereocenters. The second kappa shape index (κ2) is 4.61. The summed E-state index contributed by atoms with van der Waals surface area (Å²) in [6.07, 6.45) is 2.46. The zero-order chi connectivity index (χ0) is 9.84. The van der Waals surface area contributed by atoms with Gasteiger partial charge in [-0.25, -0.2) is 0 Å². The van der Waals surface area contributed by atoms with Crippen LogP contribution in [0.5, 0.6) is 0 Å². The molecule has 1 saturated heterocycles. The van der Waals surface area contributed by atoms with Crippen molar-refractivity contribution in [1.82, 2.24) is 9.80 Å². The molecule has 1 rings (SSSR count). The molecular weight excluding hydrogens is 164 g/mol. The van der Waals surface area contributed by atoms with Crippen LogP contribution in [0.4, 0.5) is 0 Å². The highest BCUT2D eigenvalue weighted by Gasteiger charge is 2.18. The van der Waals surface area contributed by atoms with Crippen molar-refractivity contribution in [3.05, 3.63) is 0 Å². The molecule has 0 aromatic carbocycles. The molecule has 0 N–H and O–H groups in total. The minimum Gasteiger partial charge on any atom is -0.346 e. The lowest BCUT2D eigenvalue weighted by molar-refractivity contribution is -0.128. The Bertz CT molecular complexity index is 174. The van der Waals surface area contributed by atoms with Crippen molar-refractivity contribution < 1.29 is 4.79 Å². The van der Waals surface area contributed by atoms with Crippen molar-refractivity contribution in [3.63, 3.8) is 0 Å². The maximum Gasteiger partial charge on any atom is 0.219 e. The molecule has 0 saturated carbocycles. The number of carbonyl (C=O) groups excluding carboxylic acids is 1. The third-order valence-corrected chi connectivity index (χ3v) is 2.91. The van der Waals surface area contributed by atoms with E-state index in [1.807, 2.05) is 11.9 Å². The Balaban J connectivity index is 2.26. The zero-order valence-corrected chi connectivity index (χ0v) is 8.92. The van der Waals surface area contributed by atoms with Gasteiger partial charge in [0.1, 0.15) is 0 Å². The van der Waals surface area contributed by atoms with E-state index in [4.69, 9.17) is 0 Å². The van der Waals surface area contributed by atoms with Crippen LogP contribution in [0.15, 0.2) is 0 Å². The molecule has 1 heterocycles. The lowest BCUT2D eigenvalue weighted by Gasteiger charge is -2.31. The summed E-state index contributed by atoms with van der Waals surface area (Å²) in [5, 5.41) is 0. The van der Waals surface area contributed by atoms with Crippen LogP contribution in [0.1, 0.15) is 19.8 Å². The molecule has 0 atom stereocenters. The molecule has 1 amide bonds. The van der Waals surface area contributed by atoms with Crippen LogP contribution in [0.25, 0.3) is 0 Å². The summed E-state index contributed by atoms with van der Waals surface area (Å²) in [5.74, 6) is 0.893. The second-order valence-electron chi connectivity index (χ2n) is 4.15. The first-order valence-corrected chi connectivity index (χ1v) is 5.00. The smallest absolute Gasteiger partial charge is 0.219 e. The third kappa shape index (κ3) is 3.35. The maximum atomic E-state index is 11.0. The SMILES string of the molecule is CC(=O)N(C)CC1CCN(C)CC1. The summed E-state index contributed by atoms with van der Waals surface area (Å²) < 4.78 is 0. The monoisotopic (exact) mass is 184 g/mol. The second-order valence-corrected chi connectivity index (χ2v) is 4.15. The number of nitrogens with zero attached hydrogens (tertiary/aromatic N) is 2. The highest BCUT2D eigenvalue weighted by atomic mass is 16.2. The van der Waals surface area contributed by atoms with Gasteiger partial charge in [0.15, 0.2) is 0 Å². The van der Waals surface area contributed by atoms with Crippen LogP contribution in [0, 0.1) is 5.92 Å². The van der Waals surface area contributed by atoms with Crippen LogP contribution in [0.3, 0.4) is 0 Å². The van der Waals surface area contributed by atoms with E-state index in [2.05, 4.69) is 11.9 Å². The molecule has 1 fully saturated rings. The van der Waals surface area contributed by atoms with Gasteiger partial charge in [-0.1, -0.05) is 0 Å². The minimum atomic E-state index is 0.180. The average molecular weight is 184 g/mol. The Hall–Kier alpha value is -0.570. The fourth-order valence-corrected chi connectivity index (χ4v) is 1.76. The van der Waals surface area contributed by atoms with E-state index in [0.717, 1.165) is 6.54 Å². The van der Waals surface area contributed by atoms with Crippen molar-refractivity contribution in [1.29, 1.82) is 0 Å². The summed E-state index contributed by atoms with van der Waals surface area (Å²) in [7, 11) is 4.05. The highest BCUT2D eigenvalue weighted by Crippen LogP contribution is 2.16. The van der Waals surface area contributed by atoms with Gasteiger partial charge in [0.2, 0.25) is 5.91 Å². The van der Waals surface area contributed by atoms with Gasteiger partial charge in [0.05, 0.1) is 0 Å². The largest absolute Gasteiger partial charge is 0.346 e. The number of hydrogen-bond acceptors (Lipinski definition) is 2. The molecule has 0 bridgehead atoms. The fraction of sp³-hybridized carbons (Fsp3) is 0.900. The fourth-order valence-electron chi connectivity index (χ4n) is 1.76. The van der Waals surface area contributed by atoms with Gasteiger partial charge in [0, 0.05) is 20.5 Å². The zero-order valence-electron chi connectivity index (χ0n) is 8.92. The molecule has 0 radical (unpaired) electrons. The standard InChI is InChI=1S/C10H20N2O/c1-9(13)12(3)8-10-4-6-11(2)7-5-10/h10H,4-8H2,1-3H3. The first-order chi connectivity index (χ1) is 6.09. The molecular formula is C10H20N2O. The van der Waals surface area contributed by atoms with E-state index in [0.29, 0.717) is 5.92 Å². The van der Waals surface area contributed by atoms with E-state index in [1.165, 1.54) is 25.9 Å². The van der Waals surface area contributed by atoms with Gasteiger partial charge in [-0.2, -0.15) is 0 Å². The van der Waals surface area contributed by atoms with Crippen molar-refractivity contribution in [3.8, 4) is 0 Å². The lowest BCUT2D eigenvalue weighted by Crippen LogP contribution is -2.37. The third-order valence-electron chi connectivity index (χ3n) is 2.91. The van der Waals surface area contributed by atoms with Crippen molar-refractivity contribution >= 4 is 5.91 Å². The van der Waals surface area contributed by atoms with Crippen LogP contribution in [0.2, 0.25) is 0 Å². The van der Waals surface area contributed by atoms with E-state index in [1.54, 1.807) is 6.92 Å². The number of amides is 1. The number of rotatable bonds is 2. The summed E-state index contributed by atoms with van der Waals surface area (Å²) in [6.45, 7) is 4.92. The number of hydrogen-bond donors (Lipinski definition) is 0. The molecule has 0 aromatic heterocycles. The van der Waals surface area contributed by atoms with Crippen LogP contribution < -0.4 is 0 Å². The van der Waals surface area contributed by atoms with Gasteiger partial charge < -0.3 is 9.80 Å². The van der Waals surface area contributed by atoms with Gasteiger partial charge >= 0.3 is 0 Å². The predicted molar refractivity (Wildman–Crippen MR) is 53.5 cm³/mol. The number of likely N-dealkylation sites (tertiary alicyclic amines) is 1. The molecule has 76 valence electrons. The normalized spacial score (nSPS) is 20.2. The van der Waals surface area contributed by atoms with Crippen LogP contribution in [-0.4, -0.2) is 49.4 Å². The van der Waals surface area contributed by atoms with Gasteiger partial charge in [-0.05, 0) is 38.9 Å². The van der Waals surface area contributed by atoms with Crippen molar-refractivity contribution in [2.24, 2.45) is 5.92 Å². The summed E-state index contributed by atoms with van der Waals surface area (Å²) in [6, 6.07) is 0. The first kappa shape index (κ1) is 10.5. The van der Waals surface area contributed by atoms with E-state index >= 15 is 0 Å². The molecule has 3 heteroatoms. The van der Waals surface area contributed by atoms with Crippen LogP contribution in [-0.2, 0) is 4.79 Å². The number of piperidine rings is 1. The molecule has 1 aliphatic heterocycles. The molecule has 0 aromatic rings. The molecule has 0 spiro atoms. The Kier molecular flexibility index (Phi) is 3.72. The Morgan fingerprint density at radius 3 is 2.46 bits per heavy atom. The molecule has 13 heavy (non-hydrogen) atoms. The summed E-state index contributed by atoms with van der Waals surface area (Å²) in [4.78, 5) is 15.2. The first-order valence-electron chi connectivity index (χ1n) is 5.00. The topological polar surface area (TPSA) is 23.6 Å². The van der Waals surface area contributed by atoms with E-state index < -0.39 is 0 Å². The van der Waals surface area contributed by atoms with E-state index in [-0.39, 0.29) is 5.91 Å². The van der Waals surface area contributed by atoms with Crippen LogP contribution >= 0.6 is 0 Å². The predicted octanol–water partition coefficient (Wildman–Crippen LogP) is 0.807. The minimum absolute atomic E-state index is 0.180. The lowest BCUT2D eigenvalue weighted by atomic mass is 9.97. The Labute approximate surface area is 80.7 Å². The quantitative estimate of drug-likeness (QED) is 0.634. The molecule has 0 aliphatic carbocycles. The van der Waals surface area contributed by atoms with Crippen molar-refractivity contribution in [2.45, 2.75) is 19.8 Å². The Morgan fingerprint density at radius 2 is 2.00 bits per heavy atom. The molecule has 1 aliphatic rings. The number of carbonyl (C=O) groups is 1. The Morgan fingerprint density at radius 1 is 1.46 bits per heavy atom.